The second-order valence-electron chi connectivity index (χ2n) is 11.7. The second kappa shape index (κ2) is 13.1. The van der Waals surface area contributed by atoms with Crippen molar-refractivity contribution in [2.75, 3.05) is 26.3 Å². The van der Waals surface area contributed by atoms with Gasteiger partial charge in [-0.3, -0.25) is 14.4 Å². The van der Waals surface area contributed by atoms with Gasteiger partial charge in [0.05, 0.1) is 26.3 Å². The number of hydrogen-bond donors (Lipinski definition) is 3. The minimum absolute atomic E-state index is 0.0103. The number of hydrogen-bond acceptors (Lipinski definition) is 9. The van der Waals surface area contributed by atoms with E-state index in [1.165, 1.54) is 35.7 Å². The maximum absolute atomic E-state index is 15.0. The smallest absolute Gasteiger partial charge is 0.380 e. The number of halogens is 5. The van der Waals surface area contributed by atoms with Crippen LogP contribution in [0.4, 0.5) is 22.0 Å². The molecule has 3 aliphatic rings. The van der Waals surface area contributed by atoms with Crippen molar-refractivity contribution < 1.29 is 55.4 Å². The quantitative estimate of drug-likeness (QED) is 0.105. The number of nitrogens with one attached hydrogen (secondary N) is 2. The van der Waals surface area contributed by atoms with E-state index < -0.39 is 60.2 Å². The number of rotatable bonds is 8. The van der Waals surface area contributed by atoms with Crippen LogP contribution >= 0.6 is 11.3 Å². The average molecular weight is 722 g/mol. The molecule has 1 spiro atoms. The highest BCUT2D eigenvalue weighted by molar-refractivity contribution is 7.10. The highest BCUT2D eigenvalue weighted by atomic mass is 32.1. The van der Waals surface area contributed by atoms with Gasteiger partial charge in [0, 0.05) is 45.9 Å². The lowest BCUT2D eigenvalue weighted by Gasteiger charge is -2.27. The molecule has 0 radical (unpaired) electrons. The van der Waals surface area contributed by atoms with E-state index in [4.69, 9.17) is 15.2 Å². The zero-order valence-corrected chi connectivity index (χ0v) is 26.8. The van der Waals surface area contributed by atoms with E-state index in [2.05, 4.69) is 15.3 Å². The fourth-order valence-electron chi connectivity index (χ4n) is 6.08. The molecule has 2 aromatic carbocycles. The molecule has 18 heteroatoms. The first-order valence-corrected chi connectivity index (χ1v) is 15.9. The molecule has 12 nitrogen and oxygen atoms in total. The van der Waals surface area contributed by atoms with Crippen LogP contribution < -0.4 is 16.4 Å². The number of amidine groups is 1. The minimum Gasteiger partial charge on any atom is -0.380 e. The number of benzene rings is 2. The van der Waals surface area contributed by atoms with E-state index in [1.54, 1.807) is 6.07 Å². The van der Waals surface area contributed by atoms with Crippen LogP contribution in [0, 0.1) is 0 Å². The molecular weight excluding hydrogens is 693 g/mol. The Labute approximate surface area is 284 Å². The van der Waals surface area contributed by atoms with E-state index >= 15 is 0 Å². The van der Waals surface area contributed by atoms with Gasteiger partial charge in [0.1, 0.15) is 6.04 Å². The lowest BCUT2D eigenvalue weighted by Crippen LogP contribution is -2.51. The number of oxime groups is 1. The predicted octanol–water partition coefficient (Wildman–Crippen LogP) is 3.55. The average Bonchev–Trinajstić information content (AvgIpc) is 3.87. The number of nitrogens with zero attached hydrogens (tertiary/aromatic N) is 2. The topological polar surface area (TPSA) is 162 Å². The summed E-state index contributed by atoms with van der Waals surface area (Å²) in [5.41, 5.74) is 5.66. The number of thiophene rings is 1. The second-order valence-corrected chi connectivity index (χ2v) is 12.6. The van der Waals surface area contributed by atoms with Gasteiger partial charge in [-0.25, -0.2) is 4.79 Å². The van der Waals surface area contributed by atoms with Gasteiger partial charge in [-0.1, -0.05) is 35.5 Å². The summed E-state index contributed by atoms with van der Waals surface area (Å²) in [4.78, 5) is 56.1. The van der Waals surface area contributed by atoms with Crippen LogP contribution in [0.15, 0.2) is 59.1 Å². The summed E-state index contributed by atoms with van der Waals surface area (Å²) >= 11 is 0.615. The molecule has 2 aliphatic heterocycles. The van der Waals surface area contributed by atoms with E-state index in [0.717, 1.165) is 24.0 Å². The Bertz CT molecular complexity index is 1890. The van der Waals surface area contributed by atoms with Crippen LogP contribution in [0.3, 0.4) is 0 Å². The fraction of sp³-hybridized carbons (Fsp3) is 0.344. The first-order valence-electron chi connectivity index (χ1n) is 15.0. The molecule has 4 N–H and O–H groups in total. The van der Waals surface area contributed by atoms with E-state index in [9.17, 15) is 41.1 Å². The maximum atomic E-state index is 15.0. The third-order valence-corrected chi connectivity index (χ3v) is 9.39. The van der Waals surface area contributed by atoms with Gasteiger partial charge in [-0.15, -0.1) is 11.3 Å². The summed E-state index contributed by atoms with van der Waals surface area (Å²) in [5.74, 6) is -8.66. The van der Waals surface area contributed by atoms with Crippen molar-refractivity contribution >= 4 is 40.9 Å². The van der Waals surface area contributed by atoms with Crippen LogP contribution in [0.5, 0.6) is 0 Å². The minimum atomic E-state index is -4.99. The number of carbonyl (C=O) groups is 4. The number of nitrogens with two attached hydrogens (primary N) is 1. The molecule has 3 amide bonds. The molecule has 2 fully saturated rings. The number of likely N-dealkylation sites (tertiary alicyclic amines) is 1. The molecule has 1 aromatic heterocycles. The SMILES string of the molecule is CC(=O)ON=C(N)c1csc([C@H](NC(=O)[C@@H]2CC3(CN2C(=O)CNC(=O)c2ccc4c(c2)-c2ccccc2C4(F)F)OCCO3)C(F)(F)F)c1. The van der Waals surface area contributed by atoms with Crippen LogP contribution in [-0.2, 0) is 34.6 Å². The van der Waals surface area contributed by atoms with Crippen LogP contribution in [0.25, 0.3) is 11.1 Å². The summed E-state index contributed by atoms with van der Waals surface area (Å²) in [7, 11) is 0. The zero-order chi connectivity index (χ0) is 36.0. The Morgan fingerprint density at radius 1 is 1.06 bits per heavy atom. The van der Waals surface area contributed by atoms with Gasteiger partial charge in [0.25, 0.3) is 11.8 Å². The van der Waals surface area contributed by atoms with Gasteiger partial charge in [0.2, 0.25) is 11.8 Å². The van der Waals surface area contributed by atoms with Gasteiger partial charge in [-0.05, 0) is 29.3 Å². The standard InChI is InChI=1S/C32H28F5N5O7S/c1-16(43)49-41-27(38)18-11-24(50-14-18)26(32(35,36)37)40-29(46)23-12-30(47-8-9-48-30)15-42(23)25(44)13-39-28(45)17-6-7-22-20(10-17)19-4-2-3-5-21(19)31(22,33)34/h2-7,10-11,14,23,26H,8-9,12-13,15H2,1H3,(H2,38,41)(H,39,45)(H,40,46)/t23-,26-/m0/s1. The van der Waals surface area contributed by atoms with Crippen molar-refractivity contribution in [2.45, 2.75) is 43.3 Å². The maximum Gasteiger partial charge on any atom is 0.413 e. The molecule has 50 heavy (non-hydrogen) atoms. The molecule has 0 unspecified atom stereocenters. The lowest BCUT2D eigenvalue weighted by molar-refractivity contribution is -0.164. The number of amides is 3. The first-order chi connectivity index (χ1) is 23.6. The van der Waals surface area contributed by atoms with Crippen molar-refractivity contribution in [2.24, 2.45) is 10.9 Å². The van der Waals surface area contributed by atoms with E-state index in [-0.39, 0.29) is 70.3 Å². The Balaban J connectivity index is 1.17. The van der Waals surface area contributed by atoms with E-state index in [1.807, 2.05) is 5.32 Å². The summed E-state index contributed by atoms with van der Waals surface area (Å²) in [6.07, 6.45) is -5.28. The van der Waals surface area contributed by atoms with Crippen molar-refractivity contribution in [1.29, 1.82) is 0 Å². The van der Waals surface area contributed by atoms with Gasteiger partial charge >= 0.3 is 12.1 Å². The zero-order valence-electron chi connectivity index (χ0n) is 26.0. The van der Waals surface area contributed by atoms with Crippen LogP contribution in [-0.4, -0.2) is 78.7 Å². The van der Waals surface area contributed by atoms with Crippen molar-refractivity contribution in [1.82, 2.24) is 15.5 Å². The Kier molecular flexibility index (Phi) is 9.12. The molecule has 264 valence electrons. The Morgan fingerprint density at radius 2 is 1.76 bits per heavy atom. The van der Waals surface area contributed by atoms with Crippen molar-refractivity contribution in [3.8, 4) is 11.1 Å². The third kappa shape index (κ3) is 6.65. The number of alkyl halides is 5. The molecule has 1 aliphatic carbocycles. The van der Waals surface area contributed by atoms with Gasteiger partial charge < -0.3 is 35.6 Å². The van der Waals surface area contributed by atoms with Crippen LogP contribution in [0.1, 0.15) is 51.3 Å². The molecule has 3 aromatic rings. The monoisotopic (exact) mass is 721 g/mol. The molecular formula is C32H28F5N5O7S. The van der Waals surface area contributed by atoms with Crippen molar-refractivity contribution in [3.05, 3.63) is 81.0 Å². The molecule has 6 rings (SSSR count). The highest BCUT2D eigenvalue weighted by Crippen LogP contribution is 2.51. The summed E-state index contributed by atoms with van der Waals surface area (Å²) in [6, 6.07) is 6.54. The predicted molar refractivity (Wildman–Crippen MR) is 166 cm³/mol. The van der Waals surface area contributed by atoms with Crippen molar-refractivity contribution in [3.63, 3.8) is 0 Å². The largest absolute Gasteiger partial charge is 0.413 e. The Morgan fingerprint density at radius 3 is 2.46 bits per heavy atom. The third-order valence-electron chi connectivity index (χ3n) is 8.39. The number of carbonyl (C=O) groups excluding carboxylic acids is 4. The van der Waals surface area contributed by atoms with Gasteiger partial charge in [0.15, 0.2) is 17.7 Å². The Hall–Kier alpha value is -4.94. The normalized spacial score (nSPS) is 19.5. The highest BCUT2D eigenvalue weighted by Gasteiger charge is 2.54. The fourth-order valence-corrected chi connectivity index (χ4v) is 7.05. The molecule has 2 saturated heterocycles. The lowest BCUT2D eigenvalue weighted by atomic mass is 10.0. The molecule has 0 saturated carbocycles. The number of ether oxygens (including phenoxy) is 2. The van der Waals surface area contributed by atoms with E-state index in [0.29, 0.717) is 11.3 Å². The summed E-state index contributed by atoms with van der Waals surface area (Å²) in [5, 5.41) is 8.96. The molecule has 2 atom stereocenters. The molecule has 0 bridgehead atoms. The number of fused-ring (bicyclic) bond motifs is 3. The van der Waals surface area contributed by atoms with Gasteiger partial charge in [-0.2, -0.15) is 22.0 Å². The first kappa shape index (κ1) is 34.9. The van der Waals surface area contributed by atoms with Crippen LogP contribution in [0.2, 0.25) is 0 Å². The molecule has 3 heterocycles. The summed E-state index contributed by atoms with van der Waals surface area (Å²) in [6.45, 7) is 0.301. The summed E-state index contributed by atoms with van der Waals surface area (Å²) < 4.78 is 84.1.